The fourth-order valence-electron chi connectivity index (χ4n) is 1.83. The summed E-state index contributed by atoms with van der Waals surface area (Å²) in [6.45, 7) is 10.4. The van der Waals surface area contributed by atoms with Crippen molar-refractivity contribution in [2.24, 2.45) is 10.8 Å². The summed E-state index contributed by atoms with van der Waals surface area (Å²) in [4.78, 5) is 11.2. The number of aliphatic hydroxyl groups excluding tert-OH is 1. The van der Waals surface area contributed by atoms with Crippen LogP contribution in [0.15, 0.2) is 12.2 Å². The largest absolute Gasteiger partial charge is 0.463 e. The molecule has 0 aliphatic rings. The molecule has 3 heteroatoms. The van der Waals surface area contributed by atoms with E-state index in [2.05, 4.69) is 0 Å². The molecule has 0 saturated carbocycles. The van der Waals surface area contributed by atoms with E-state index in [1.54, 1.807) is 6.92 Å². The lowest BCUT2D eigenvalue weighted by molar-refractivity contribution is -0.137. The van der Waals surface area contributed by atoms with E-state index in [0.29, 0.717) is 6.61 Å². The van der Waals surface area contributed by atoms with E-state index in [-0.39, 0.29) is 23.4 Å². The van der Waals surface area contributed by atoms with E-state index < -0.39 is 0 Å². The van der Waals surface area contributed by atoms with E-state index in [0.717, 1.165) is 6.42 Å². The van der Waals surface area contributed by atoms with Crippen molar-refractivity contribution in [3.05, 3.63) is 12.2 Å². The Kier molecular flexibility index (Phi) is 5.73. The van der Waals surface area contributed by atoms with Gasteiger partial charge >= 0.3 is 5.97 Å². The van der Waals surface area contributed by atoms with Crippen molar-refractivity contribution in [2.45, 2.75) is 41.0 Å². The second-order valence-electron chi connectivity index (χ2n) is 5.57. The first-order valence-electron chi connectivity index (χ1n) is 5.69. The van der Waals surface area contributed by atoms with Gasteiger partial charge in [-0.3, -0.25) is 0 Å². The minimum Gasteiger partial charge on any atom is -0.463 e. The first-order chi connectivity index (χ1) is 7.22. The third-order valence-corrected chi connectivity index (χ3v) is 2.32. The zero-order chi connectivity index (χ0) is 12.8. The van der Waals surface area contributed by atoms with Crippen molar-refractivity contribution in [2.75, 3.05) is 13.2 Å². The number of hydrogen-bond donors (Lipinski definition) is 1. The number of allylic oxidation sites excluding steroid dienone is 1. The monoisotopic (exact) mass is 228 g/mol. The lowest BCUT2D eigenvalue weighted by Gasteiger charge is -2.31. The SMILES string of the molecule is CCOC(=O)C=CC(C)(C)CC(C)(C)CO. The minimum atomic E-state index is -0.308. The van der Waals surface area contributed by atoms with Crippen molar-refractivity contribution in [3.8, 4) is 0 Å². The van der Waals surface area contributed by atoms with Crippen molar-refractivity contribution in [3.63, 3.8) is 0 Å². The number of carbonyl (C=O) groups excluding carboxylic acids is 1. The Labute approximate surface area is 98.5 Å². The molecule has 0 aromatic heterocycles. The molecule has 0 fully saturated rings. The number of ether oxygens (including phenoxy) is 1. The van der Waals surface area contributed by atoms with Gasteiger partial charge in [-0.05, 0) is 24.2 Å². The van der Waals surface area contributed by atoms with E-state index in [4.69, 9.17) is 4.74 Å². The molecule has 94 valence electrons. The van der Waals surface area contributed by atoms with Gasteiger partial charge in [-0.2, -0.15) is 0 Å². The maximum Gasteiger partial charge on any atom is 0.330 e. The first-order valence-corrected chi connectivity index (χ1v) is 5.69. The Bertz CT molecular complexity index is 252. The molecule has 0 aliphatic heterocycles. The topological polar surface area (TPSA) is 46.5 Å². The Morgan fingerprint density at radius 1 is 1.31 bits per heavy atom. The highest BCUT2D eigenvalue weighted by Gasteiger charge is 2.26. The third kappa shape index (κ3) is 6.62. The lowest BCUT2D eigenvalue weighted by Crippen LogP contribution is -2.25. The number of hydrogen-bond acceptors (Lipinski definition) is 3. The fraction of sp³-hybridized carbons (Fsp3) is 0.769. The van der Waals surface area contributed by atoms with Crippen LogP contribution in [0.2, 0.25) is 0 Å². The molecular formula is C13H24O3. The summed E-state index contributed by atoms with van der Waals surface area (Å²) in [5.41, 5.74) is -0.262. The highest BCUT2D eigenvalue weighted by atomic mass is 16.5. The maximum absolute atomic E-state index is 11.2. The molecule has 0 atom stereocenters. The van der Waals surface area contributed by atoms with Crippen molar-refractivity contribution in [1.29, 1.82) is 0 Å². The highest BCUT2D eigenvalue weighted by Crippen LogP contribution is 2.34. The summed E-state index contributed by atoms with van der Waals surface area (Å²) in [6.07, 6.45) is 4.13. The van der Waals surface area contributed by atoms with Gasteiger partial charge in [-0.15, -0.1) is 0 Å². The molecule has 0 aromatic carbocycles. The predicted molar refractivity (Wildman–Crippen MR) is 65.0 cm³/mol. The molecule has 3 nitrogen and oxygen atoms in total. The van der Waals surface area contributed by atoms with E-state index in [1.807, 2.05) is 33.8 Å². The van der Waals surface area contributed by atoms with Gasteiger partial charge in [0, 0.05) is 12.7 Å². The van der Waals surface area contributed by atoms with Gasteiger partial charge in [-0.1, -0.05) is 33.8 Å². The van der Waals surface area contributed by atoms with E-state index >= 15 is 0 Å². The quantitative estimate of drug-likeness (QED) is 0.561. The molecule has 0 aromatic rings. The second kappa shape index (κ2) is 6.04. The third-order valence-electron chi connectivity index (χ3n) is 2.32. The van der Waals surface area contributed by atoms with Gasteiger partial charge in [0.25, 0.3) is 0 Å². The van der Waals surface area contributed by atoms with Gasteiger partial charge in [0.2, 0.25) is 0 Å². The molecule has 0 rings (SSSR count). The molecule has 0 heterocycles. The normalized spacial score (nSPS) is 13.1. The zero-order valence-electron chi connectivity index (χ0n) is 11.0. The summed E-state index contributed by atoms with van der Waals surface area (Å²) in [6, 6.07) is 0. The summed E-state index contributed by atoms with van der Waals surface area (Å²) in [7, 11) is 0. The summed E-state index contributed by atoms with van der Waals surface area (Å²) < 4.78 is 4.82. The van der Waals surface area contributed by atoms with Crippen LogP contribution in [0.5, 0.6) is 0 Å². The average Bonchev–Trinajstić information content (AvgIpc) is 2.14. The zero-order valence-corrected chi connectivity index (χ0v) is 11.0. The van der Waals surface area contributed by atoms with Gasteiger partial charge in [0.05, 0.1) is 6.61 Å². The maximum atomic E-state index is 11.2. The van der Waals surface area contributed by atoms with Crippen LogP contribution in [-0.2, 0) is 9.53 Å². The molecule has 16 heavy (non-hydrogen) atoms. The minimum absolute atomic E-state index is 0.126. The highest BCUT2D eigenvalue weighted by molar-refractivity contribution is 5.81. The summed E-state index contributed by atoms with van der Waals surface area (Å²) in [5.74, 6) is -0.308. The second-order valence-corrected chi connectivity index (χ2v) is 5.57. The van der Waals surface area contributed by atoms with E-state index in [1.165, 1.54) is 6.08 Å². The van der Waals surface area contributed by atoms with Crippen LogP contribution >= 0.6 is 0 Å². The van der Waals surface area contributed by atoms with Crippen LogP contribution in [0.4, 0.5) is 0 Å². The molecule has 0 radical (unpaired) electrons. The van der Waals surface area contributed by atoms with Crippen LogP contribution < -0.4 is 0 Å². The number of carbonyl (C=O) groups is 1. The molecule has 0 amide bonds. The number of rotatable bonds is 6. The molecule has 0 spiro atoms. The first kappa shape index (κ1) is 15.2. The lowest BCUT2D eigenvalue weighted by atomic mass is 9.75. The molecule has 0 aliphatic carbocycles. The van der Waals surface area contributed by atoms with Crippen molar-refractivity contribution in [1.82, 2.24) is 0 Å². The fourth-order valence-corrected chi connectivity index (χ4v) is 1.83. The smallest absolute Gasteiger partial charge is 0.330 e. The van der Waals surface area contributed by atoms with Gasteiger partial charge in [-0.25, -0.2) is 4.79 Å². The Morgan fingerprint density at radius 3 is 2.31 bits per heavy atom. The number of esters is 1. The molecule has 0 saturated heterocycles. The van der Waals surface area contributed by atoms with Gasteiger partial charge < -0.3 is 9.84 Å². The summed E-state index contributed by atoms with van der Waals surface area (Å²) in [5, 5.41) is 9.20. The van der Waals surface area contributed by atoms with Gasteiger partial charge in [0.15, 0.2) is 0 Å². The predicted octanol–water partition coefficient (Wildman–Crippen LogP) is 2.54. The Hall–Kier alpha value is -0.830. The number of aliphatic hydroxyl groups is 1. The van der Waals surface area contributed by atoms with Crippen molar-refractivity contribution >= 4 is 5.97 Å². The molecule has 0 bridgehead atoms. The van der Waals surface area contributed by atoms with Crippen molar-refractivity contribution < 1.29 is 14.6 Å². The summed E-state index contributed by atoms with van der Waals surface area (Å²) >= 11 is 0. The van der Waals surface area contributed by atoms with Crippen LogP contribution in [0.1, 0.15) is 41.0 Å². The standard InChI is InChI=1S/C13H24O3/c1-6-16-11(15)7-8-12(2,3)9-13(4,5)10-14/h7-8,14H,6,9-10H2,1-5H3. The van der Waals surface area contributed by atoms with Crippen LogP contribution in [0.3, 0.4) is 0 Å². The van der Waals surface area contributed by atoms with E-state index in [9.17, 15) is 9.90 Å². The Balaban J connectivity index is 4.39. The molecule has 1 N–H and O–H groups in total. The van der Waals surface area contributed by atoms with Gasteiger partial charge in [0.1, 0.15) is 0 Å². The van der Waals surface area contributed by atoms with Crippen LogP contribution in [0, 0.1) is 10.8 Å². The average molecular weight is 228 g/mol. The van der Waals surface area contributed by atoms with Crippen LogP contribution in [0.25, 0.3) is 0 Å². The molecular weight excluding hydrogens is 204 g/mol. The Morgan fingerprint density at radius 2 is 1.88 bits per heavy atom. The van der Waals surface area contributed by atoms with Crippen LogP contribution in [-0.4, -0.2) is 24.3 Å². The molecule has 0 unspecified atom stereocenters.